The zero-order valence-corrected chi connectivity index (χ0v) is 19.9. The second-order valence-corrected chi connectivity index (χ2v) is 10.8. The van der Waals surface area contributed by atoms with Crippen LogP contribution in [-0.4, -0.2) is 41.0 Å². The first-order chi connectivity index (χ1) is 14.9. The predicted octanol–water partition coefficient (Wildman–Crippen LogP) is 3.79. The Balaban J connectivity index is 1.48. The lowest BCUT2D eigenvalue weighted by atomic mass is 9.87. The number of carbonyl (C=O) groups excluding carboxylic acids is 1. The maximum Gasteiger partial charge on any atom is 0.152 e. The predicted molar refractivity (Wildman–Crippen MR) is 123 cm³/mol. The number of Topliss-reactive ketones (excluding diaryl/α,β-unsaturated/α-hetero) is 1. The monoisotopic (exact) mass is 446 g/mol. The molecule has 0 aliphatic heterocycles. The van der Waals surface area contributed by atoms with E-state index in [2.05, 4.69) is 54.8 Å². The van der Waals surface area contributed by atoms with E-state index in [1.165, 1.54) is 6.07 Å². The van der Waals surface area contributed by atoms with Crippen LogP contribution in [0, 0.1) is 17.0 Å². The Hall–Kier alpha value is -2.12. The summed E-state index contributed by atoms with van der Waals surface area (Å²) < 4.78 is 29.5. The van der Waals surface area contributed by atoms with E-state index < -0.39 is 11.6 Å². The summed E-state index contributed by atoms with van der Waals surface area (Å²) in [6, 6.07) is 2.36. The van der Waals surface area contributed by atoms with Crippen molar-refractivity contribution in [2.45, 2.75) is 71.9 Å². The maximum absolute atomic E-state index is 14.1. The second-order valence-electron chi connectivity index (χ2n) is 10.8. The third-order valence-corrected chi connectivity index (χ3v) is 5.98. The van der Waals surface area contributed by atoms with Crippen LogP contribution in [0.15, 0.2) is 24.7 Å². The molecule has 1 aliphatic carbocycles. The van der Waals surface area contributed by atoms with E-state index in [1.54, 1.807) is 6.33 Å². The van der Waals surface area contributed by atoms with Gasteiger partial charge in [-0.2, -0.15) is 0 Å². The molecule has 1 aliphatic rings. The van der Waals surface area contributed by atoms with E-state index in [0.29, 0.717) is 18.4 Å². The van der Waals surface area contributed by atoms with Crippen molar-refractivity contribution in [3.05, 3.63) is 53.1 Å². The average Bonchev–Trinajstić information content (AvgIpc) is 3.14. The standard InChI is InChI=1S/C25H36F2N4O/c1-24(2,3)14-28-15-25(4,5)31-13-20(30-16-31)10-21(32)12-29-19-7-6-17-8-18(26)9-23(27)22(17)11-19/h8-9,13,16,19,28-29H,6-7,10-12,14-15H2,1-5H3. The molecule has 1 atom stereocenters. The van der Waals surface area contributed by atoms with Crippen LogP contribution in [0.1, 0.15) is 57.9 Å². The highest BCUT2D eigenvalue weighted by Gasteiger charge is 2.24. The topological polar surface area (TPSA) is 59.0 Å². The number of hydrogen-bond acceptors (Lipinski definition) is 4. The van der Waals surface area contributed by atoms with Crippen LogP contribution in [0.25, 0.3) is 0 Å². The van der Waals surface area contributed by atoms with E-state index in [-0.39, 0.29) is 35.7 Å². The minimum absolute atomic E-state index is 0.0109. The Morgan fingerprint density at radius 2 is 1.94 bits per heavy atom. The zero-order valence-electron chi connectivity index (χ0n) is 19.9. The summed E-state index contributed by atoms with van der Waals surface area (Å²) in [7, 11) is 0. The molecular weight excluding hydrogens is 410 g/mol. The van der Waals surface area contributed by atoms with Gasteiger partial charge in [0.2, 0.25) is 0 Å². The summed E-state index contributed by atoms with van der Waals surface area (Å²) >= 11 is 0. The molecule has 2 N–H and O–H groups in total. The molecule has 0 bridgehead atoms. The summed E-state index contributed by atoms with van der Waals surface area (Å²) in [5.74, 6) is -0.984. The molecule has 176 valence electrons. The largest absolute Gasteiger partial charge is 0.330 e. The Morgan fingerprint density at radius 1 is 1.19 bits per heavy atom. The molecule has 0 saturated heterocycles. The smallest absolute Gasteiger partial charge is 0.152 e. The Bertz CT molecular complexity index is 946. The van der Waals surface area contributed by atoms with Gasteiger partial charge in [-0.15, -0.1) is 0 Å². The lowest BCUT2D eigenvalue weighted by Gasteiger charge is -2.29. The van der Waals surface area contributed by atoms with Gasteiger partial charge in [0.25, 0.3) is 0 Å². The van der Waals surface area contributed by atoms with Crippen molar-refractivity contribution >= 4 is 5.78 Å². The quantitative estimate of drug-likeness (QED) is 0.615. The minimum Gasteiger partial charge on any atom is -0.330 e. The fourth-order valence-electron chi connectivity index (χ4n) is 4.10. The number of rotatable bonds is 9. The third-order valence-electron chi connectivity index (χ3n) is 5.98. The number of carbonyl (C=O) groups is 1. The number of nitrogens with zero attached hydrogens (tertiary/aromatic N) is 2. The summed E-state index contributed by atoms with van der Waals surface area (Å²) in [5.41, 5.74) is 2.10. The van der Waals surface area contributed by atoms with Crippen LogP contribution in [0.2, 0.25) is 0 Å². The molecule has 2 aromatic rings. The lowest BCUT2D eigenvalue weighted by molar-refractivity contribution is -0.117. The number of benzene rings is 1. The molecule has 0 amide bonds. The van der Waals surface area contributed by atoms with Gasteiger partial charge in [-0.3, -0.25) is 4.79 Å². The molecule has 1 aromatic heterocycles. The van der Waals surface area contributed by atoms with E-state index in [1.807, 2.05) is 6.20 Å². The Labute approximate surface area is 190 Å². The molecule has 3 rings (SSSR count). The summed E-state index contributed by atoms with van der Waals surface area (Å²) in [6.45, 7) is 12.8. The van der Waals surface area contributed by atoms with E-state index in [4.69, 9.17) is 0 Å². The molecule has 5 nitrogen and oxygen atoms in total. The van der Waals surface area contributed by atoms with Gasteiger partial charge in [0, 0.05) is 31.4 Å². The van der Waals surface area contributed by atoms with Gasteiger partial charge in [-0.1, -0.05) is 20.8 Å². The van der Waals surface area contributed by atoms with Crippen LogP contribution >= 0.6 is 0 Å². The zero-order chi connectivity index (χ0) is 23.5. The molecule has 1 aromatic carbocycles. The molecule has 0 fully saturated rings. The first-order valence-corrected chi connectivity index (χ1v) is 11.4. The first kappa shape index (κ1) is 24.5. The molecule has 0 saturated carbocycles. The van der Waals surface area contributed by atoms with E-state index >= 15 is 0 Å². The Morgan fingerprint density at radius 3 is 2.66 bits per heavy atom. The van der Waals surface area contributed by atoms with Gasteiger partial charge in [-0.05, 0) is 55.7 Å². The van der Waals surface area contributed by atoms with Gasteiger partial charge in [-0.25, -0.2) is 13.8 Å². The minimum atomic E-state index is -0.532. The van der Waals surface area contributed by atoms with Crippen molar-refractivity contribution < 1.29 is 13.6 Å². The molecule has 32 heavy (non-hydrogen) atoms. The summed E-state index contributed by atoms with van der Waals surface area (Å²) in [5, 5.41) is 6.76. The van der Waals surface area contributed by atoms with Gasteiger partial charge < -0.3 is 15.2 Å². The highest BCUT2D eigenvalue weighted by molar-refractivity contribution is 5.82. The van der Waals surface area contributed by atoms with E-state index in [0.717, 1.165) is 36.8 Å². The van der Waals surface area contributed by atoms with Crippen molar-refractivity contribution in [2.24, 2.45) is 5.41 Å². The number of aryl methyl sites for hydroxylation is 1. The Kier molecular flexibility index (Phi) is 7.50. The van der Waals surface area contributed by atoms with Crippen LogP contribution < -0.4 is 10.6 Å². The number of nitrogens with one attached hydrogen (secondary N) is 2. The van der Waals surface area contributed by atoms with Crippen LogP contribution in [0.5, 0.6) is 0 Å². The van der Waals surface area contributed by atoms with Crippen LogP contribution in [-0.2, 0) is 29.6 Å². The SMILES string of the molecule is CC(C)(C)CNCC(C)(C)n1cnc(CC(=O)CNC2CCc3cc(F)cc(F)c3C2)c1. The van der Waals surface area contributed by atoms with E-state index in [9.17, 15) is 13.6 Å². The third kappa shape index (κ3) is 6.69. The lowest BCUT2D eigenvalue weighted by Crippen LogP contribution is -2.40. The van der Waals surface area contributed by atoms with Crippen LogP contribution in [0.4, 0.5) is 8.78 Å². The first-order valence-electron chi connectivity index (χ1n) is 11.4. The van der Waals surface area contributed by atoms with Gasteiger partial charge in [0.05, 0.1) is 30.5 Å². The van der Waals surface area contributed by atoms with Crippen molar-refractivity contribution in [1.29, 1.82) is 0 Å². The summed E-state index contributed by atoms with van der Waals surface area (Å²) in [4.78, 5) is 16.9. The molecule has 0 spiro atoms. The highest BCUT2D eigenvalue weighted by atomic mass is 19.1. The van der Waals surface area contributed by atoms with Crippen molar-refractivity contribution in [2.75, 3.05) is 19.6 Å². The molecule has 1 heterocycles. The second kappa shape index (κ2) is 9.79. The van der Waals surface area contributed by atoms with Gasteiger partial charge in [0.15, 0.2) is 5.78 Å². The van der Waals surface area contributed by atoms with Crippen molar-refractivity contribution in [1.82, 2.24) is 20.2 Å². The normalized spacial score (nSPS) is 16.8. The van der Waals surface area contributed by atoms with Crippen LogP contribution in [0.3, 0.4) is 0 Å². The fourth-order valence-corrected chi connectivity index (χ4v) is 4.10. The van der Waals surface area contributed by atoms with Gasteiger partial charge in [0.1, 0.15) is 11.6 Å². The number of aromatic nitrogens is 2. The van der Waals surface area contributed by atoms with Crippen molar-refractivity contribution in [3.8, 4) is 0 Å². The van der Waals surface area contributed by atoms with Crippen molar-refractivity contribution in [3.63, 3.8) is 0 Å². The number of hydrogen-bond donors (Lipinski definition) is 2. The summed E-state index contributed by atoms with van der Waals surface area (Å²) in [6.07, 6.45) is 5.83. The maximum atomic E-state index is 14.1. The molecule has 0 radical (unpaired) electrons. The average molecular weight is 447 g/mol. The molecule has 7 heteroatoms. The number of halogens is 2. The molecule has 1 unspecified atom stereocenters. The highest BCUT2D eigenvalue weighted by Crippen LogP contribution is 2.25. The van der Waals surface area contributed by atoms with Gasteiger partial charge >= 0.3 is 0 Å². The molecular formula is C25H36F2N4O. The number of fused-ring (bicyclic) bond motifs is 1. The number of imidazole rings is 1. The number of ketones is 1. The fraction of sp³-hybridized carbons (Fsp3) is 0.600.